The third kappa shape index (κ3) is 2.55. The zero-order valence-electron chi connectivity index (χ0n) is 11.6. The first-order valence-electron chi connectivity index (χ1n) is 7.03. The topological polar surface area (TPSA) is 71.4 Å². The van der Waals surface area contributed by atoms with Gasteiger partial charge < -0.3 is 9.47 Å². The molecule has 1 atom stereocenters. The average Bonchev–Trinajstić information content (AvgIpc) is 3.20. The molecule has 6 nitrogen and oxygen atoms in total. The quantitative estimate of drug-likeness (QED) is 0.857. The summed E-state index contributed by atoms with van der Waals surface area (Å²) in [5.41, 5.74) is 0.448. The molecule has 1 aliphatic heterocycles. The molecule has 3 amide bonds. The van der Waals surface area contributed by atoms with Gasteiger partial charge in [0, 0.05) is 12.2 Å². The molecule has 7 heteroatoms. The Morgan fingerprint density at radius 2 is 2.14 bits per heavy atom. The number of carbonyl (C=O) groups is 3. The zero-order chi connectivity index (χ0) is 15.1. The SMILES string of the molecule is CCC1C(=O)NC(=O)CN1C(=O)c1cc(Cl)cn1C1CC1. The van der Waals surface area contributed by atoms with Crippen LogP contribution >= 0.6 is 11.6 Å². The Morgan fingerprint density at radius 3 is 2.76 bits per heavy atom. The van der Waals surface area contributed by atoms with Crippen LogP contribution in [0.3, 0.4) is 0 Å². The number of rotatable bonds is 3. The van der Waals surface area contributed by atoms with E-state index in [0.29, 0.717) is 23.2 Å². The molecule has 1 saturated carbocycles. The normalized spacial score (nSPS) is 22.4. The van der Waals surface area contributed by atoms with Gasteiger partial charge in [-0.2, -0.15) is 0 Å². The van der Waals surface area contributed by atoms with Gasteiger partial charge in [0.05, 0.1) is 5.02 Å². The third-order valence-corrected chi connectivity index (χ3v) is 4.08. The maximum atomic E-state index is 12.7. The smallest absolute Gasteiger partial charge is 0.271 e. The fraction of sp³-hybridized carbons (Fsp3) is 0.500. The molecule has 1 aromatic heterocycles. The largest absolute Gasteiger partial charge is 0.339 e. The lowest BCUT2D eigenvalue weighted by Gasteiger charge is -2.33. The van der Waals surface area contributed by atoms with E-state index in [1.165, 1.54) is 4.90 Å². The van der Waals surface area contributed by atoms with Gasteiger partial charge in [0.1, 0.15) is 18.3 Å². The minimum absolute atomic E-state index is 0.101. The Hall–Kier alpha value is -1.82. The van der Waals surface area contributed by atoms with Crippen LogP contribution in [-0.4, -0.2) is 39.8 Å². The summed E-state index contributed by atoms with van der Waals surface area (Å²) < 4.78 is 1.86. The van der Waals surface area contributed by atoms with Crippen LogP contribution in [0.5, 0.6) is 0 Å². The summed E-state index contributed by atoms with van der Waals surface area (Å²) in [6.45, 7) is 1.71. The summed E-state index contributed by atoms with van der Waals surface area (Å²) in [4.78, 5) is 37.5. The fourth-order valence-corrected chi connectivity index (χ4v) is 2.91. The Morgan fingerprint density at radius 1 is 1.43 bits per heavy atom. The zero-order valence-corrected chi connectivity index (χ0v) is 12.4. The van der Waals surface area contributed by atoms with Crippen molar-refractivity contribution >= 4 is 29.3 Å². The van der Waals surface area contributed by atoms with Gasteiger partial charge >= 0.3 is 0 Å². The van der Waals surface area contributed by atoms with Crippen molar-refractivity contribution in [2.45, 2.75) is 38.3 Å². The standard InChI is InChI=1S/C14H16ClN3O3/c1-2-10-13(20)16-12(19)7-18(10)14(21)11-5-8(15)6-17(11)9-3-4-9/h5-6,9-10H,2-4,7H2,1H3,(H,16,19,20). The van der Waals surface area contributed by atoms with Gasteiger partial charge in [-0.05, 0) is 25.3 Å². The van der Waals surface area contributed by atoms with Gasteiger partial charge in [-0.25, -0.2) is 0 Å². The molecule has 112 valence electrons. The van der Waals surface area contributed by atoms with E-state index in [1.807, 2.05) is 11.5 Å². The Labute approximate surface area is 127 Å². The molecule has 1 unspecified atom stereocenters. The number of hydrogen-bond donors (Lipinski definition) is 1. The van der Waals surface area contributed by atoms with E-state index in [2.05, 4.69) is 5.32 Å². The minimum Gasteiger partial charge on any atom is -0.339 e. The number of imide groups is 1. The van der Waals surface area contributed by atoms with E-state index < -0.39 is 17.9 Å². The lowest BCUT2D eigenvalue weighted by Crippen LogP contribution is -2.59. The van der Waals surface area contributed by atoms with Crippen molar-refractivity contribution in [3.8, 4) is 0 Å². The van der Waals surface area contributed by atoms with E-state index in [-0.39, 0.29) is 12.5 Å². The fourth-order valence-electron chi connectivity index (χ4n) is 2.70. The molecule has 0 radical (unpaired) electrons. The number of nitrogens with zero attached hydrogens (tertiary/aromatic N) is 2. The number of hydrogen-bond acceptors (Lipinski definition) is 3. The molecular formula is C14H16ClN3O3. The highest BCUT2D eigenvalue weighted by Crippen LogP contribution is 2.37. The van der Waals surface area contributed by atoms with E-state index in [9.17, 15) is 14.4 Å². The molecule has 2 fully saturated rings. The van der Waals surface area contributed by atoms with Crippen molar-refractivity contribution in [1.82, 2.24) is 14.8 Å². The van der Waals surface area contributed by atoms with Crippen molar-refractivity contribution in [2.24, 2.45) is 0 Å². The van der Waals surface area contributed by atoms with Crippen molar-refractivity contribution < 1.29 is 14.4 Å². The summed E-state index contributed by atoms with van der Waals surface area (Å²) in [5, 5.41) is 2.76. The first-order chi connectivity index (χ1) is 10.0. The summed E-state index contributed by atoms with van der Waals surface area (Å²) in [6.07, 6.45) is 4.23. The highest BCUT2D eigenvalue weighted by molar-refractivity contribution is 6.31. The molecule has 1 aromatic rings. The highest BCUT2D eigenvalue weighted by Gasteiger charge is 2.38. The predicted octanol–water partition coefficient (Wildman–Crippen LogP) is 1.35. The molecule has 3 rings (SSSR count). The minimum atomic E-state index is -0.614. The van der Waals surface area contributed by atoms with Gasteiger partial charge in [0.2, 0.25) is 11.8 Å². The van der Waals surface area contributed by atoms with E-state index in [0.717, 1.165) is 12.8 Å². The molecule has 1 aliphatic carbocycles. The third-order valence-electron chi connectivity index (χ3n) is 3.88. The van der Waals surface area contributed by atoms with Crippen molar-refractivity contribution in [1.29, 1.82) is 0 Å². The molecule has 0 bridgehead atoms. The van der Waals surface area contributed by atoms with Crippen LogP contribution in [0.2, 0.25) is 5.02 Å². The summed E-state index contributed by atoms with van der Waals surface area (Å²) in [7, 11) is 0. The second-order valence-corrected chi connectivity index (χ2v) is 5.89. The van der Waals surface area contributed by atoms with Crippen LogP contribution in [0.1, 0.15) is 42.7 Å². The van der Waals surface area contributed by atoms with Crippen molar-refractivity contribution in [3.63, 3.8) is 0 Å². The van der Waals surface area contributed by atoms with E-state index in [1.54, 1.807) is 12.3 Å². The van der Waals surface area contributed by atoms with Crippen LogP contribution in [0.4, 0.5) is 0 Å². The van der Waals surface area contributed by atoms with Crippen LogP contribution in [0.15, 0.2) is 12.3 Å². The van der Waals surface area contributed by atoms with Gasteiger partial charge in [0.15, 0.2) is 0 Å². The summed E-state index contributed by atoms with van der Waals surface area (Å²) in [5.74, 6) is -1.18. The van der Waals surface area contributed by atoms with Gasteiger partial charge in [-0.3, -0.25) is 19.7 Å². The average molecular weight is 310 g/mol. The molecule has 0 aromatic carbocycles. The number of piperazine rings is 1. The lowest BCUT2D eigenvalue weighted by molar-refractivity contribution is -0.138. The second kappa shape index (κ2) is 5.18. The predicted molar refractivity (Wildman–Crippen MR) is 76.0 cm³/mol. The van der Waals surface area contributed by atoms with E-state index in [4.69, 9.17) is 11.6 Å². The van der Waals surface area contributed by atoms with Crippen LogP contribution in [0.25, 0.3) is 0 Å². The first kappa shape index (κ1) is 14.1. The maximum Gasteiger partial charge on any atom is 0.271 e. The molecule has 1 N–H and O–H groups in total. The Bertz CT molecular complexity index is 621. The van der Waals surface area contributed by atoms with Crippen molar-refractivity contribution in [2.75, 3.05) is 6.54 Å². The molecule has 2 aliphatic rings. The molecule has 0 spiro atoms. The van der Waals surface area contributed by atoms with Gasteiger partial charge in [0.25, 0.3) is 5.91 Å². The monoisotopic (exact) mass is 309 g/mol. The second-order valence-electron chi connectivity index (χ2n) is 5.45. The van der Waals surface area contributed by atoms with E-state index >= 15 is 0 Å². The number of aromatic nitrogens is 1. The van der Waals surface area contributed by atoms with Crippen molar-refractivity contribution in [3.05, 3.63) is 23.0 Å². The number of carbonyl (C=O) groups excluding carboxylic acids is 3. The molecular weight excluding hydrogens is 294 g/mol. The highest BCUT2D eigenvalue weighted by atomic mass is 35.5. The first-order valence-corrected chi connectivity index (χ1v) is 7.41. The van der Waals surface area contributed by atoms with Crippen LogP contribution in [0, 0.1) is 0 Å². The van der Waals surface area contributed by atoms with Crippen LogP contribution in [-0.2, 0) is 9.59 Å². The summed E-state index contributed by atoms with van der Waals surface area (Å²) >= 11 is 6.01. The molecule has 21 heavy (non-hydrogen) atoms. The lowest BCUT2D eigenvalue weighted by atomic mass is 10.1. The molecule has 2 heterocycles. The molecule has 1 saturated heterocycles. The number of nitrogens with one attached hydrogen (secondary N) is 1. The number of amides is 3. The maximum absolute atomic E-state index is 12.7. The van der Waals surface area contributed by atoms with Gasteiger partial charge in [-0.1, -0.05) is 18.5 Å². The summed E-state index contributed by atoms with van der Waals surface area (Å²) in [6, 6.07) is 1.29. The number of halogens is 1. The van der Waals surface area contributed by atoms with Gasteiger partial charge in [-0.15, -0.1) is 0 Å². The Kier molecular flexibility index (Phi) is 3.49. The van der Waals surface area contributed by atoms with Crippen LogP contribution < -0.4 is 5.32 Å². The Balaban J connectivity index is 1.92.